The summed E-state index contributed by atoms with van der Waals surface area (Å²) in [7, 11) is 0. The first-order valence-corrected chi connectivity index (χ1v) is 8.93. The summed E-state index contributed by atoms with van der Waals surface area (Å²) >= 11 is 0. The van der Waals surface area contributed by atoms with E-state index in [1.165, 1.54) is 16.7 Å². The molecule has 2 aromatic carbocycles. The van der Waals surface area contributed by atoms with Gasteiger partial charge in [0.15, 0.2) is 0 Å². The Kier molecular flexibility index (Phi) is 5.39. The SMILES string of the molecule is Cc1ccc(NC(=O)N2CCN(Cc3ccccc3C)CC2)c(C)c1. The average molecular weight is 337 g/mol. The highest BCUT2D eigenvalue weighted by molar-refractivity contribution is 5.90. The van der Waals surface area contributed by atoms with Crippen molar-refractivity contribution in [3.63, 3.8) is 0 Å². The van der Waals surface area contributed by atoms with Crippen LogP contribution in [0.2, 0.25) is 0 Å². The van der Waals surface area contributed by atoms with E-state index < -0.39 is 0 Å². The Hall–Kier alpha value is -2.33. The van der Waals surface area contributed by atoms with Gasteiger partial charge in [-0.3, -0.25) is 4.90 Å². The fourth-order valence-electron chi connectivity index (χ4n) is 3.29. The van der Waals surface area contributed by atoms with Crippen LogP contribution in [0.25, 0.3) is 0 Å². The van der Waals surface area contributed by atoms with Crippen molar-refractivity contribution < 1.29 is 4.79 Å². The molecule has 132 valence electrons. The van der Waals surface area contributed by atoms with Crippen LogP contribution >= 0.6 is 0 Å². The van der Waals surface area contributed by atoms with Gasteiger partial charge in [-0.25, -0.2) is 4.79 Å². The molecule has 0 radical (unpaired) electrons. The number of hydrogen-bond donors (Lipinski definition) is 1. The maximum Gasteiger partial charge on any atom is 0.321 e. The van der Waals surface area contributed by atoms with E-state index >= 15 is 0 Å². The van der Waals surface area contributed by atoms with Crippen molar-refractivity contribution in [2.45, 2.75) is 27.3 Å². The third-order valence-corrected chi connectivity index (χ3v) is 4.94. The summed E-state index contributed by atoms with van der Waals surface area (Å²) in [6.07, 6.45) is 0. The standard InChI is InChI=1S/C21H27N3O/c1-16-8-9-20(18(3)14-16)22-21(25)24-12-10-23(11-13-24)15-19-7-5-4-6-17(19)2/h4-9,14H,10-13,15H2,1-3H3,(H,22,25). The number of benzene rings is 2. The Morgan fingerprint density at radius 3 is 2.36 bits per heavy atom. The molecule has 0 atom stereocenters. The van der Waals surface area contributed by atoms with Crippen LogP contribution in [0.15, 0.2) is 42.5 Å². The average Bonchev–Trinajstić information content (AvgIpc) is 2.60. The Bertz CT molecular complexity index is 749. The normalized spacial score (nSPS) is 15.2. The Balaban J connectivity index is 1.53. The first-order chi connectivity index (χ1) is 12.0. The van der Waals surface area contributed by atoms with Gasteiger partial charge < -0.3 is 10.2 Å². The molecule has 2 amide bonds. The van der Waals surface area contributed by atoms with Gasteiger partial charge in [-0.05, 0) is 43.5 Å². The maximum atomic E-state index is 12.5. The fraction of sp³-hybridized carbons (Fsp3) is 0.381. The summed E-state index contributed by atoms with van der Waals surface area (Å²) in [5.41, 5.74) is 5.91. The van der Waals surface area contributed by atoms with Gasteiger partial charge in [0.05, 0.1) is 0 Å². The second-order valence-electron chi connectivity index (χ2n) is 6.94. The number of nitrogens with one attached hydrogen (secondary N) is 1. The molecule has 1 aliphatic rings. The van der Waals surface area contributed by atoms with Gasteiger partial charge in [0.25, 0.3) is 0 Å². The number of urea groups is 1. The van der Waals surface area contributed by atoms with Crippen LogP contribution < -0.4 is 5.32 Å². The molecule has 0 aliphatic carbocycles. The number of carbonyl (C=O) groups excluding carboxylic acids is 1. The lowest BCUT2D eigenvalue weighted by Crippen LogP contribution is -2.49. The largest absolute Gasteiger partial charge is 0.322 e. The molecular weight excluding hydrogens is 310 g/mol. The number of rotatable bonds is 3. The van der Waals surface area contributed by atoms with E-state index in [4.69, 9.17) is 0 Å². The number of anilines is 1. The predicted octanol–water partition coefficient (Wildman–Crippen LogP) is 3.96. The summed E-state index contributed by atoms with van der Waals surface area (Å²) in [5, 5.41) is 3.05. The molecule has 0 aromatic heterocycles. The van der Waals surface area contributed by atoms with Gasteiger partial charge >= 0.3 is 6.03 Å². The molecule has 0 spiro atoms. The number of nitrogens with zero attached hydrogens (tertiary/aromatic N) is 2. The molecule has 2 aromatic rings. The summed E-state index contributed by atoms with van der Waals surface area (Å²) < 4.78 is 0. The fourth-order valence-corrected chi connectivity index (χ4v) is 3.29. The Morgan fingerprint density at radius 2 is 1.68 bits per heavy atom. The smallest absolute Gasteiger partial charge is 0.321 e. The number of hydrogen-bond acceptors (Lipinski definition) is 2. The van der Waals surface area contributed by atoms with Gasteiger partial charge in [0.2, 0.25) is 0 Å². The molecule has 0 unspecified atom stereocenters. The minimum Gasteiger partial charge on any atom is -0.322 e. The van der Waals surface area contributed by atoms with Crippen molar-refractivity contribution in [2.75, 3.05) is 31.5 Å². The minimum atomic E-state index is 0.00231. The summed E-state index contributed by atoms with van der Waals surface area (Å²) in [4.78, 5) is 16.9. The third kappa shape index (κ3) is 4.40. The van der Waals surface area contributed by atoms with Crippen molar-refractivity contribution >= 4 is 11.7 Å². The second-order valence-corrected chi connectivity index (χ2v) is 6.94. The second kappa shape index (κ2) is 7.70. The van der Waals surface area contributed by atoms with Crippen LogP contribution in [0.1, 0.15) is 22.3 Å². The molecule has 1 N–H and O–H groups in total. The molecule has 3 rings (SSSR count). The quantitative estimate of drug-likeness (QED) is 0.920. The van der Waals surface area contributed by atoms with Crippen LogP contribution in [-0.2, 0) is 6.54 Å². The molecule has 0 saturated carbocycles. The Labute approximate surface area is 150 Å². The van der Waals surface area contributed by atoms with Crippen molar-refractivity contribution in [3.05, 3.63) is 64.7 Å². The van der Waals surface area contributed by atoms with Gasteiger partial charge in [-0.2, -0.15) is 0 Å². The zero-order valence-corrected chi connectivity index (χ0v) is 15.4. The van der Waals surface area contributed by atoms with E-state index in [0.717, 1.165) is 44.0 Å². The molecule has 4 nitrogen and oxygen atoms in total. The van der Waals surface area contributed by atoms with Crippen LogP contribution in [0.4, 0.5) is 10.5 Å². The first-order valence-electron chi connectivity index (χ1n) is 8.93. The highest BCUT2D eigenvalue weighted by Crippen LogP contribution is 2.17. The van der Waals surface area contributed by atoms with Crippen LogP contribution in [-0.4, -0.2) is 42.0 Å². The summed E-state index contributed by atoms with van der Waals surface area (Å²) in [5.74, 6) is 0. The topological polar surface area (TPSA) is 35.6 Å². The number of carbonyl (C=O) groups is 1. The van der Waals surface area contributed by atoms with Crippen molar-refractivity contribution in [1.82, 2.24) is 9.80 Å². The van der Waals surface area contributed by atoms with Crippen molar-refractivity contribution in [2.24, 2.45) is 0 Å². The molecule has 1 fully saturated rings. The lowest BCUT2D eigenvalue weighted by molar-refractivity contribution is 0.143. The predicted molar refractivity (Wildman–Crippen MR) is 103 cm³/mol. The van der Waals surface area contributed by atoms with Gasteiger partial charge in [-0.1, -0.05) is 42.0 Å². The summed E-state index contributed by atoms with van der Waals surface area (Å²) in [6, 6.07) is 14.6. The first kappa shape index (κ1) is 17.5. The van der Waals surface area contributed by atoms with E-state index in [9.17, 15) is 4.79 Å². The van der Waals surface area contributed by atoms with E-state index in [0.29, 0.717) is 0 Å². The minimum absolute atomic E-state index is 0.00231. The van der Waals surface area contributed by atoms with E-state index in [2.05, 4.69) is 54.4 Å². The van der Waals surface area contributed by atoms with Crippen molar-refractivity contribution in [1.29, 1.82) is 0 Å². The zero-order chi connectivity index (χ0) is 17.8. The number of amides is 2. The molecule has 4 heteroatoms. The molecular formula is C21H27N3O. The number of aryl methyl sites for hydroxylation is 3. The van der Waals surface area contributed by atoms with E-state index in [1.807, 2.05) is 24.0 Å². The van der Waals surface area contributed by atoms with Crippen molar-refractivity contribution in [3.8, 4) is 0 Å². The van der Waals surface area contributed by atoms with Gasteiger partial charge in [-0.15, -0.1) is 0 Å². The van der Waals surface area contributed by atoms with E-state index in [-0.39, 0.29) is 6.03 Å². The zero-order valence-electron chi connectivity index (χ0n) is 15.4. The molecule has 25 heavy (non-hydrogen) atoms. The monoisotopic (exact) mass is 337 g/mol. The molecule has 0 bridgehead atoms. The highest BCUT2D eigenvalue weighted by atomic mass is 16.2. The van der Waals surface area contributed by atoms with Crippen LogP contribution in [0.5, 0.6) is 0 Å². The number of piperazine rings is 1. The molecule has 1 heterocycles. The lowest BCUT2D eigenvalue weighted by atomic mass is 10.1. The third-order valence-electron chi connectivity index (χ3n) is 4.94. The maximum absolute atomic E-state index is 12.5. The Morgan fingerprint density at radius 1 is 0.960 bits per heavy atom. The molecule has 1 saturated heterocycles. The lowest BCUT2D eigenvalue weighted by Gasteiger charge is -2.35. The highest BCUT2D eigenvalue weighted by Gasteiger charge is 2.21. The molecule has 1 aliphatic heterocycles. The van der Waals surface area contributed by atoms with Crippen LogP contribution in [0, 0.1) is 20.8 Å². The summed E-state index contributed by atoms with van der Waals surface area (Å²) in [6.45, 7) is 10.6. The van der Waals surface area contributed by atoms with E-state index in [1.54, 1.807) is 0 Å². The van der Waals surface area contributed by atoms with Gasteiger partial charge in [0, 0.05) is 38.4 Å². The van der Waals surface area contributed by atoms with Crippen LogP contribution in [0.3, 0.4) is 0 Å². The van der Waals surface area contributed by atoms with Gasteiger partial charge in [0.1, 0.15) is 0 Å².